The molecule has 2 heterocycles. The number of hydrogen-bond donors (Lipinski definition) is 1. The Balaban J connectivity index is 1.36. The molecule has 9 heteroatoms. The number of halogens is 3. The molecule has 1 aromatic carbocycles. The van der Waals surface area contributed by atoms with Crippen molar-refractivity contribution in [3.05, 3.63) is 47.1 Å². The summed E-state index contributed by atoms with van der Waals surface area (Å²) in [6.07, 6.45) is -3.64. The molecule has 0 aliphatic heterocycles. The lowest BCUT2D eigenvalue weighted by molar-refractivity contribution is -0.152. The molecule has 0 spiro atoms. The number of hydrogen-bond acceptors (Lipinski definition) is 4. The number of imidazole rings is 1. The molecule has 1 aliphatic rings. The van der Waals surface area contributed by atoms with Crippen LogP contribution in [0.15, 0.2) is 36.4 Å². The predicted octanol–water partition coefficient (Wildman–Crippen LogP) is 4.56. The van der Waals surface area contributed by atoms with Crippen LogP contribution in [0.5, 0.6) is 5.06 Å². The van der Waals surface area contributed by atoms with Crippen molar-refractivity contribution in [2.75, 3.05) is 6.61 Å². The number of benzene rings is 1. The van der Waals surface area contributed by atoms with Crippen LogP contribution in [-0.4, -0.2) is 28.2 Å². The van der Waals surface area contributed by atoms with E-state index in [4.69, 9.17) is 4.74 Å². The van der Waals surface area contributed by atoms with Crippen molar-refractivity contribution in [1.82, 2.24) is 14.9 Å². The number of thiophene rings is 1. The number of nitrogens with zero attached hydrogens (tertiary/aromatic N) is 2. The van der Waals surface area contributed by atoms with Crippen LogP contribution in [0, 0.1) is 5.92 Å². The molecule has 3 aromatic rings. The van der Waals surface area contributed by atoms with Gasteiger partial charge in [-0.2, -0.15) is 13.2 Å². The fourth-order valence-electron chi connectivity index (χ4n) is 3.46. The highest BCUT2D eigenvalue weighted by atomic mass is 32.1. The molecular weight excluding hydrogens is 403 g/mol. The topological polar surface area (TPSA) is 56.2 Å². The van der Waals surface area contributed by atoms with E-state index in [1.807, 2.05) is 42.8 Å². The monoisotopic (exact) mass is 423 g/mol. The summed E-state index contributed by atoms with van der Waals surface area (Å²) >= 11 is 1.10. The number of carbonyl (C=O) groups excluding carboxylic acids is 1. The predicted molar refractivity (Wildman–Crippen MR) is 104 cm³/mol. The molecule has 3 atom stereocenters. The maximum atomic E-state index is 12.6. The van der Waals surface area contributed by atoms with Gasteiger partial charge in [-0.25, -0.2) is 4.98 Å². The molecule has 4 rings (SSSR count). The summed E-state index contributed by atoms with van der Waals surface area (Å²) in [5.41, 5.74) is 1.95. The lowest BCUT2D eigenvalue weighted by Crippen LogP contribution is -2.28. The van der Waals surface area contributed by atoms with Crippen LogP contribution in [-0.2, 0) is 11.8 Å². The number of fused-ring (bicyclic) bond motifs is 1. The standard InChI is InChI=1S/C20H20F3N3O2S/c1-11(16-7-8-17(29-16)28-10-20(21,22)23)24-19(27)13-9-12(13)18-25-14-5-3-4-6-15(14)26(18)2/h3-8,11-13H,9-10H2,1-2H3,(H,24,27). The number of alkyl halides is 3. The van der Waals surface area contributed by atoms with Gasteiger partial charge in [0.05, 0.1) is 17.1 Å². The van der Waals surface area contributed by atoms with Gasteiger partial charge in [0.2, 0.25) is 5.91 Å². The molecule has 1 amide bonds. The Hall–Kier alpha value is -2.55. The van der Waals surface area contributed by atoms with E-state index in [9.17, 15) is 18.0 Å². The van der Waals surface area contributed by atoms with Crippen LogP contribution in [0.3, 0.4) is 0 Å². The molecule has 29 heavy (non-hydrogen) atoms. The van der Waals surface area contributed by atoms with Gasteiger partial charge in [0.25, 0.3) is 0 Å². The summed E-state index contributed by atoms with van der Waals surface area (Å²) in [6.45, 7) is 0.485. The summed E-state index contributed by atoms with van der Waals surface area (Å²) in [5, 5.41) is 3.14. The Kier molecular flexibility index (Phi) is 5.02. The molecule has 154 valence electrons. The van der Waals surface area contributed by atoms with E-state index in [0.29, 0.717) is 0 Å². The number of aromatic nitrogens is 2. The maximum Gasteiger partial charge on any atom is 0.422 e. The van der Waals surface area contributed by atoms with Crippen LogP contribution in [0.4, 0.5) is 13.2 Å². The summed E-state index contributed by atoms with van der Waals surface area (Å²) in [7, 11) is 1.95. The van der Waals surface area contributed by atoms with Crippen molar-refractivity contribution in [2.45, 2.75) is 31.5 Å². The quantitative estimate of drug-likeness (QED) is 0.633. The van der Waals surface area contributed by atoms with Crippen LogP contribution >= 0.6 is 11.3 Å². The summed E-state index contributed by atoms with van der Waals surface area (Å²) in [6, 6.07) is 10.7. The molecule has 5 nitrogen and oxygen atoms in total. The smallest absolute Gasteiger partial charge is 0.422 e. The Morgan fingerprint density at radius 1 is 1.34 bits per heavy atom. The Labute approximate surface area is 169 Å². The van der Waals surface area contributed by atoms with E-state index in [1.165, 1.54) is 6.07 Å². The third kappa shape index (κ3) is 4.24. The zero-order valence-corrected chi connectivity index (χ0v) is 16.7. The third-order valence-corrected chi connectivity index (χ3v) is 6.23. The molecule has 1 fully saturated rings. The average molecular weight is 423 g/mol. The fourth-order valence-corrected chi connectivity index (χ4v) is 4.31. The Bertz CT molecular complexity index is 1040. The lowest BCUT2D eigenvalue weighted by Gasteiger charge is -2.12. The highest BCUT2D eigenvalue weighted by molar-refractivity contribution is 7.13. The number of amides is 1. The number of para-hydroxylation sites is 2. The van der Waals surface area contributed by atoms with E-state index >= 15 is 0 Å². The number of rotatable bonds is 6. The van der Waals surface area contributed by atoms with Crippen molar-refractivity contribution in [3.8, 4) is 5.06 Å². The molecule has 1 saturated carbocycles. The van der Waals surface area contributed by atoms with Gasteiger partial charge >= 0.3 is 6.18 Å². The zero-order chi connectivity index (χ0) is 20.8. The van der Waals surface area contributed by atoms with E-state index in [2.05, 4.69) is 10.3 Å². The van der Waals surface area contributed by atoms with Crippen LogP contribution in [0.25, 0.3) is 11.0 Å². The van der Waals surface area contributed by atoms with E-state index < -0.39 is 12.8 Å². The Morgan fingerprint density at radius 2 is 2.10 bits per heavy atom. The van der Waals surface area contributed by atoms with Gasteiger partial charge in [0, 0.05) is 23.8 Å². The SMILES string of the molecule is CC(NC(=O)C1CC1c1nc2ccccc2n1C)c1ccc(OCC(F)(F)F)s1. The van der Waals surface area contributed by atoms with Crippen molar-refractivity contribution >= 4 is 28.3 Å². The van der Waals surface area contributed by atoms with Crippen LogP contribution in [0.1, 0.15) is 36.0 Å². The second kappa shape index (κ2) is 7.37. The molecule has 3 unspecified atom stereocenters. The minimum Gasteiger partial charge on any atom is -0.475 e. The number of carbonyl (C=O) groups is 1. The Morgan fingerprint density at radius 3 is 2.83 bits per heavy atom. The second-order valence-electron chi connectivity index (χ2n) is 7.26. The third-order valence-electron chi connectivity index (χ3n) is 5.05. The number of nitrogens with one attached hydrogen (secondary N) is 1. The molecule has 0 radical (unpaired) electrons. The van der Waals surface area contributed by atoms with E-state index in [-0.39, 0.29) is 28.8 Å². The van der Waals surface area contributed by atoms with Gasteiger partial charge in [0.1, 0.15) is 5.82 Å². The van der Waals surface area contributed by atoms with Crippen molar-refractivity contribution in [1.29, 1.82) is 0 Å². The zero-order valence-electron chi connectivity index (χ0n) is 15.9. The number of aryl methyl sites for hydroxylation is 1. The van der Waals surface area contributed by atoms with Crippen LogP contribution in [0.2, 0.25) is 0 Å². The van der Waals surface area contributed by atoms with Gasteiger partial charge in [-0.15, -0.1) is 11.3 Å². The second-order valence-corrected chi connectivity index (χ2v) is 8.34. The van der Waals surface area contributed by atoms with Crippen molar-refractivity contribution in [2.24, 2.45) is 13.0 Å². The summed E-state index contributed by atoms with van der Waals surface area (Å²) in [4.78, 5) is 18.0. The largest absolute Gasteiger partial charge is 0.475 e. The van der Waals surface area contributed by atoms with Gasteiger partial charge in [-0.05, 0) is 37.6 Å². The summed E-state index contributed by atoms with van der Waals surface area (Å²) < 4.78 is 43.6. The molecular formula is C20H20F3N3O2S. The van der Waals surface area contributed by atoms with Gasteiger partial charge < -0.3 is 14.6 Å². The highest BCUT2D eigenvalue weighted by Crippen LogP contribution is 2.48. The van der Waals surface area contributed by atoms with Gasteiger partial charge in [-0.3, -0.25) is 4.79 Å². The first kappa shape index (κ1) is 19.8. The molecule has 1 aliphatic carbocycles. The molecule has 0 saturated heterocycles. The minimum absolute atomic E-state index is 0.0688. The fraction of sp³-hybridized carbons (Fsp3) is 0.400. The first-order valence-corrected chi connectivity index (χ1v) is 10.1. The first-order valence-electron chi connectivity index (χ1n) is 9.24. The summed E-state index contributed by atoms with van der Waals surface area (Å²) in [5.74, 6) is 0.765. The number of ether oxygens (including phenoxy) is 1. The molecule has 1 N–H and O–H groups in total. The normalized spacial score (nSPS) is 19.9. The average Bonchev–Trinajstić information content (AvgIpc) is 3.18. The first-order chi connectivity index (χ1) is 13.7. The molecule has 0 bridgehead atoms. The maximum absolute atomic E-state index is 12.6. The minimum atomic E-state index is -4.37. The highest BCUT2D eigenvalue weighted by Gasteiger charge is 2.47. The molecule has 2 aromatic heterocycles. The van der Waals surface area contributed by atoms with Gasteiger partial charge in [-0.1, -0.05) is 12.1 Å². The van der Waals surface area contributed by atoms with Gasteiger partial charge in [0.15, 0.2) is 11.7 Å². The lowest BCUT2D eigenvalue weighted by atomic mass is 10.2. The van der Waals surface area contributed by atoms with Crippen molar-refractivity contribution < 1.29 is 22.7 Å². The van der Waals surface area contributed by atoms with Crippen molar-refractivity contribution in [3.63, 3.8) is 0 Å². The van der Waals surface area contributed by atoms with E-state index in [0.717, 1.165) is 39.5 Å². The van der Waals surface area contributed by atoms with Crippen LogP contribution < -0.4 is 10.1 Å². The van der Waals surface area contributed by atoms with E-state index in [1.54, 1.807) is 6.07 Å².